The van der Waals surface area contributed by atoms with Gasteiger partial charge in [0.1, 0.15) is 11.6 Å². The van der Waals surface area contributed by atoms with Crippen molar-refractivity contribution in [1.29, 1.82) is 0 Å². The van der Waals surface area contributed by atoms with E-state index in [1.165, 1.54) is 13.2 Å². The van der Waals surface area contributed by atoms with E-state index in [-0.39, 0.29) is 5.82 Å². The molecule has 1 N–H and O–H groups in total. The molecule has 2 rings (SSSR count). The predicted octanol–water partition coefficient (Wildman–Crippen LogP) is 4.26. The lowest BCUT2D eigenvalue weighted by Crippen LogP contribution is -2.11. The van der Waals surface area contributed by atoms with Crippen LogP contribution in [0.1, 0.15) is 12.5 Å². The first kappa shape index (κ1) is 14.8. The van der Waals surface area contributed by atoms with Gasteiger partial charge in [-0.25, -0.2) is 4.39 Å². The highest BCUT2D eigenvalue weighted by molar-refractivity contribution is 6.33. The van der Waals surface area contributed by atoms with E-state index in [0.29, 0.717) is 21.9 Å². The Balaban J connectivity index is 2.33. The van der Waals surface area contributed by atoms with Gasteiger partial charge >= 0.3 is 0 Å². The molecule has 0 aliphatic rings. The maximum Gasteiger partial charge on any atom is 0.134 e. The van der Waals surface area contributed by atoms with Gasteiger partial charge in [-0.15, -0.1) is 0 Å². The first-order chi connectivity index (χ1) is 9.65. The number of methoxy groups -OCH3 is 1. The molecule has 0 heterocycles. The van der Waals surface area contributed by atoms with Gasteiger partial charge in [-0.3, -0.25) is 0 Å². The highest BCUT2D eigenvalue weighted by Gasteiger charge is 2.10. The third-order valence-corrected chi connectivity index (χ3v) is 3.39. The van der Waals surface area contributed by atoms with E-state index in [9.17, 15) is 4.39 Å². The number of nitrogens with one attached hydrogen (secondary N) is 1. The minimum Gasteiger partial charge on any atom is -0.497 e. The molecule has 0 aromatic heterocycles. The number of benzene rings is 2. The molecule has 0 spiro atoms. The average Bonchev–Trinajstić information content (AvgIpc) is 2.45. The number of hydrogen-bond donors (Lipinski definition) is 1. The first-order valence-electron chi connectivity index (χ1n) is 6.48. The molecule has 0 amide bonds. The number of ether oxygens (including phenoxy) is 1. The summed E-state index contributed by atoms with van der Waals surface area (Å²) in [5.74, 6) is 0.150. The Morgan fingerprint density at radius 3 is 2.50 bits per heavy atom. The zero-order chi connectivity index (χ0) is 14.5. The van der Waals surface area contributed by atoms with Gasteiger partial charge in [0.2, 0.25) is 0 Å². The lowest BCUT2D eigenvalue weighted by molar-refractivity contribution is 0.411. The summed E-state index contributed by atoms with van der Waals surface area (Å²) in [6.45, 7) is 3.69. The fraction of sp³-hybridized carbons (Fsp3) is 0.250. The zero-order valence-electron chi connectivity index (χ0n) is 11.5. The van der Waals surface area contributed by atoms with Gasteiger partial charge in [-0.05, 0) is 30.3 Å². The number of halogens is 2. The second-order valence-corrected chi connectivity index (χ2v) is 4.85. The number of rotatable bonds is 5. The van der Waals surface area contributed by atoms with Crippen molar-refractivity contribution in [1.82, 2.24) is 5.32 Å². The molecule has 0 radical (unpaired) electrons. The summed E-state index contributed by atoms with van der Waals surface area (Å²) >= 11 is 6.26. The Labute approximate surface area is 123 Å². The normalized spacial score (nSPS) is 10.6. The van der Waals surface area contributed by atoms with Crippen molar-refractivity contribution >= 4 is 11.6 Å². The maximum atomic E-state index is 14.1. The van der Waals surface area contributed by atoms with Crippen LogP contribution in [0.4, 0.5) is 4.39 Å². The third-order valence-electron chi connectivity index (χ3n) is 3.08. The van der Waals surface area contributed by atoms with E-state index in [2.05, 4.69) is 5.32 Å². The van der Waals surface area contributed by atoms with Crippen molar-refractivity contribution in [2.75, 3.05) is 13.7 Å². The van der Waals surface area contributed by atoms with Crippen LogP contribution in [0.3, 0.4) is 0 Å². The van der Waals surface area contributed by atoms with Gasteiger partial charge < -0.3 is 10.1 Å². The van der Waals surface area contributed by atoms with Crippen molar-refractivity contribution in [3.63, 3.8) is 0 Å². The molecule has 0 unspecified atom stereocenters. The smallest absolute Gasteiger partial charge is 0.134 e. The van der Waals surface area contributed by atoms with Crippen LogP contribution in [0.25, 0.3) is 11.1 Å². The van der Waals surface area contributed by atoms with Crippen LogP contribution in [-0.4, -0.2) is 13.7 Å². The molecule has 106 valence electrons. The summed E-state index contributed by atoms with van der Waals surface area (Å²) in [6.07, 6.45) is 0. The molecule has 20 heavy (non-hydrogen) atoms. The summed E-state index contributed by atoms with van der Waals surface area (Å²) in [7, 11) is 1.51. The molecular weight excluding hydrogens is 277 g/mol. The van der Waals surface area contributed by atoms with E-state index in [1.54, 1.807) is 12.1 Å². The summed E-state index contributed by atoms with van der Waals surface area (Å²) in [6, 6.07) is 10.4. The van der Waals surface area contributed by atoms with Gasteiger partial charge in [0, 0.05) is 28.8 Å². The topological polar surface area (TPSA) is 21.3 Å². The van der Waals surface area contributed by atoms with Gasteiger partial charge in [0.15, 0.2) is 0 Å². The summed E-state index contributed by atoms with van der Waals surface area (Å²) in [4.78, 5) is 0. The molecule has 2 nitrogen and oxygen atoms in total. The SMILES string of the molecule is CCNCc1ccc(-c2ccc(OC)cc2F)c(Cl)c1. The van der Waals surface area contributed by atoms with E-state index < -0.39 is 0 Å². The second-order valence-electron chi connectivity index (χ2n) is 4.44. The highest BCUT2D eigenvalue weighted by atomic mass is 35.5. The fourth-order valence-corrected chi connectivity index (χ4v) is 2.30. The van der Waals surface area contributed by atoms with Crippen molar-refractivity contribution in [3.8, 4) is 16.9 Å². The predicted molar refractivity (Wildman–Crippen MR) is 80.8 cm³/mol. The van der Waals surface area contributed by atoms with E-state index >= 15 is 0 Å². The van der Waals surface area contributed by atoms with Gasteiger partial charge in [-0.1, -0.05) is 30.7 Å². The Morgan fingerprint density at radius 1 is 1.15 bits per heavy atom. The minimum atomic E-state index is -0.342. The molecule has 0 bridgehead atoms. The molecule has 0 aliphatic carbocycles. The molecule has 0 saturated carbocycles. The Kier molecular flexibility index (Phi) is 4.99. The van der Waals surface area contributed by atoms with Crippen LogP contribution >= 0.6 is 11.6 Å². The Morgan fingerprint density at radius 2 is 1.90 bits per heavy atom. The Bertz CT molecular complexity index is 601. The molecule has 0 fully saturated rings. The second kappa shape index (κ2) is 6.73. The fourth-order valence-electron chi connectivity index (χ4n) is 2.00. The molecule has 2 aromatic carbocycles. The standard InChI is InChI=1S/C16H17ClFNO/c1-3-19-10-11-4-6-13(15(17)8-11)14-7-5-12(20-2)9-16(14)18/h4-9,19H,3,10H2,1-2H3. The number of hydrogen-bond acceptors (Lipinski definition) is 2. The largest absolute Gasteiger partial charge is 0.497 e. The van der Waals surface area contributed by atoms with E-state index in [1.807, 2.05) is 25.1 Å². The van der Waals surface area contributed by atoms with Crippen LogP contribution in [0.15, 0.2) is 36.4 Å². The lowest BCUT2D eigenvalue weighted by Gasteiger charge is -2.10. The van der Waals surface area contributed by atoms with E-state index in [0.717, 1.165) is 18.7 Å². The van der Waals surface area contributed by atoms with Gasteiger partial charge in [0.05, 0.1) is 7.11 Å². The minimum absolute atomic E-state index is 0.342. The van der Waals surface area contributed by atoms with Crippen molar-refractivity contribution in [3.05, 3.63) is 52.8 Å². The zero-order valence-corrected chi connectivity index (χ0v) is 12.3. The quantitative estimate of drug-likeness (QED) is 0.889. The summed E-state index contributed by atoms with van der Waals surface area (Å²) in [5, 5.41) is 3.77. The Hall–Kier alpha value is -1.58. The van der Waals surface area contributed by atoms with Crippen molar-refractivity contribution in [2.24, 2.45) is 0 Å². The van der Waals surface area contributed by atoms with Gasteiger partial charge in [-0.2, -0.15) is 0 Å². The summed E-state index contributed by atoms with van der Waals surface area (Å²) < 4.78 is 19.1. The van der Waals surface area contributed by atoms with Crippen LogP contribution in [-0.2, 0) is 6.54 Å². The lowest BCUT2D eigenvalue weighted by atomic mass is 10.0. The molecule has 0 aliphatic heterocycles. The molecule has 0 atom stereocenters. The third kappa shape index (κ3) is 3.30. The van der Waals surface area contributed by atoms with Crippen LogP contribution in [0.2, 0.25) is 5.02 Å². The monoisotopic (exact) mass is 293 g/mol. The average molecular weight is 294 g/mol. The molecular formula is C16H17ClFNO. The first-order valence-corrected chi connectivity index (χ1v) is 6.86. The summed E-state index contributed by atoms with van der Waals surface area (Å²) in [5.41, 5.74) is 2.24. The van der Waals surface area contributed by atoms with Crippen LogP contribution in [0, 0.1) is 5.82 Å². The van der Waals surface area contributed by atoms with Gasteiger partial charge in [0.25, 0.3) is 0 Å². The maximum absolute atomic E-state index is 14.1. The van der Waals surface area contributed by atoms with E-state index in [4.69, 9.17) is 16.3 Å². The van der Waals surface area contributed by atoms with Crippen LogP contribution < -0.4 is 10.1 Å². The molecule has 2 aromatic rings. The highest BCUT2D eigenvalue weighted by Crippen LogP contribution is 2.32. The molecule has 0 saturated heterocycles. The molecule has 4 heteroatoms. The van der Waals surface area contributed by atoms with Crippen LogP contribution in [0.5, 0.6) is 5.75 Å². The van der Waals surface area contributed by atoms with Crippen molar-refractivity contribution < 1.29 is 9.13 Å². The van der Waals surface area contributed by atoms with Crippen molar-refractivity contribution in [2.45, 2.75) is 13.5 Å².